The van der Waals surface area contributed by atoms with Crippen molar-refractivity contribution in [3.05, 3.63) is 22.8 Å². The largest absolute Gasteiger partial charge is 0.444 e. The molecule has 2 rings (SSSR count). The molecule has 0 unspecified atom stereocenters. The van der Waals surface area contributed by atoms with E-state index < -0.39 is 0 Å². The lowest BCUT2D eigenvalue weighted by atomic mass is 9.68. The Kier molecular flexibility index (Phi) is 4.13. The maximum absolute atomic E-state index is 12.6. The van der Waals surface area contributed by atoms with Crippen LogP contribution in [0.15, 0.2) is 22.8 Å². The summed E-state index contributed by atoms with van der Waals surface area (Å²) in [6.45, 7) is 8.30. The van der Waals surface area contributed by atoms with Gasteiger partial charge in [-0.25, -0.2) is 0 Å². The van der Waals surface area contributed by atoms with Crippen molar-refractivity contribution in [1.29, 1.82) is 5.26 Å². The molecule has 0 saturated carbocycles. The summed E-state index contributed by atoms with van der Waals surface area (Å²) < 4.78 is 5.66. The van der Waals surface area contributed by atoms with Crippen molar-refractivity contribution in [3.63, 3.8) is 0 Å². The van der Waals surface area contributed by atoms with Gasteiger partial charge in [0.1, 0.15) is 11.8 Å². The molecule has 0 aromatic heterocycles. The Morgan fingerprint density at radius 2 is 2.00 bits per heavy atom. The lowest BCUT2D eigenvalue weighted by Gasteiger charge is -2.39. The van der Waals surface area contributed by atoms with Crippen LogP contribution in [0.1, 0.15) is 53.4 Å². The van der Waals surface area contributed by atoms with Crippen LogP contribution in [0.3, 0.4) is 0 Å². The minimum Gasteiger partial charge on any atom is -0.444 e. The third-order valence-corrected chi connectivity index (χ3v) is 4.64. The Balaban J connectivity index is 2.55. The Bertz CT molecular complexity index is 560. The number of nitrogens with two attached hydrogens (primary N) is 1. The highest BCUT2D eigenvalue weighted by atomic mass is 16.5. The van der Waals surface area contributed by atoms with Crippen molar-refractivity contribution in [2.24, 2.45) is 23.0 Å². The van der Waals surface area contributed by atoms with Crippen LogP contribution >= 0.6 is 0 Å². The number of Topliss-reactive ketones (excluding diaryl/α,β-unsaturated/α-hetero) is 1. The van der Waals surface area contributed by atoms with E-state index in [1.165, 1.54) is 0 Å². The maximum Gasteiger partial charge on any atom is 0.204 e. The predicted molar refractivity (Wildman–Crippen MR) is 80.5 cm³/mol. The molecule has 0 aromatic carbocycles. The lowest BCUT2D eigenvalue weighted by Crippen LogP contribution is -2.36. The van der Waals surface area contributed by atoms with Gasteiger partial charge in [-0.05, 0) is 11.3 Å². The first kappa shape index (κ1) is 15.6. The zero-order valence-corrected chi connectivity index (χ0v) is 13.3. The predicted octanol–water partition coefficient (Wildman–Crippen LogP) is 3.41. The number of rotatable bonds is 3. The minimum absolute atomic E-state index is 0.110. The van der Waals surface area contributed by atoms with Gasteiger partial charge in [-0.1, -0.05) is 40.5 Å². The van der Waals surface area contributed by atoms with Crippen LogP contribution < -0.4 is 5.73 Å². The number of allylic oxidation sites excluding steroid dienone is 3. The molecule has 1 atom stereocenters. The average molecular weight is 288 g/mol. The van der Waals surface area contributed by atoms with Crippen molar-refractivity contribution < 1.29 is 9.53 Å². The summed E-state index contributed by atoms with van der Waals surface area (Å²) in [5, 5.41) is 9.45. The molecule has 4 nitrogen and oxygen atoms in total. The Morgan fingerprint density at radius 1 is 1.38 bits per heavy atom. The van der Waals surface area contributed by atoms with Crippen LogP contribution in [0.5, 0.6) is 0 Å². The lowest BCUT2D eigenvalue weighted by molar-refractivity contribution is -0.119. The third kappa shape index (κ3) is 2.70. The fraction of sp³-hybridized carbons (Fsp3) is 0.647. The second-order valence-corrected chi connectivity index (χ2v) is 6.82. The average Bonchev–Trinajstić information content (AvgIpc) is 2.37. The van der Waals surface area contributed by atoms with Crippen LogP contribution in [0.4, 0.5) is 0 Å². The van der Waals surface area contributed by atoms with Crippen LogP contribution in [0, 0.1) is 28.6 Å². The van der Waals surface area contributed by atoms with Crippen molar-refractivity contribution in [1.82, 2.24) is 0 Å². The van der Waals surface area contributed by atoms with Crippen LogP contribution in [0.2, 0.25) is 0 Å². The molecule has 0 bridgehead atoms. The molecular weight excluding hydrogens is 264 g/mol. The van der Waals surface area contributed by atoms with Gasteiger partial charge < -0.3 is 10.5 Å². The number of ether oxygens (including phenoxy) is 1. The Morgan fingerprint density at radius 3 is 2.52 bits per heavy atom. The number of carbonyl (C=O) groups excluding carboxylic acids is 1. The summed E-state index contributed by atoms with van der Waals surface area (Å²) in [7, 11) is 0. The van der Waals surface area contributed by atoms with E-state index in [0.717, 1.165) is 12.8 Å². The van der Waals surface area contributed by atoms with Gasteiger partial charge in [0, 0.05) is 24.3 Å². The molecule has 4 heteroatoms. The van der Waals surface area contributed by atoms with E-state index in [-0.39, 0.29) is 28.9 Å². The number of nitrogens with zero attached hydrogens (tertiary/aromatic N) is 1. The fourth-order valence-electron chi connectivity index (χ4n) is 3.56. The quantitative estimate of drug-likeness (QED) is 0.863. The van der Waals surface area contributed by atoms with Gasteiger partial charge in [-0.2, -0.15) is 5.26 Å². The van der Waals surface area contributed by atoms with E-state index in [2.05, 4.69) is 33.8 Å². The van der Waals surface area contributed by atoms with E-state index in [1.807, 2.05) is 0 Å². The van der Waals surface area contributed by atoms with Gasteiger partial charge in [0.2, 0.25) is 5.88 Å². The molecule has 0 amide bonds. The number of hydrogen-bond donors (Lipinski definition) is 1. The van der Waals surface area contributed by atoms with E-state index in [9.17, 15) is 10.1 Å². The maximum atomic E-state index is 12.6. The SMILES string of the molecule is CCC(CC)[C@@H]1C(C#N)=C(N)OC2=C1C(=O)CC(C)(C)C2. The molecule has 2 N–H and O–H groups in total. The molecule has 0 aromatic rings. The number of carbonyl (C=O) groups is 1. The molecule has 0 spiro atoms. The first-order valence-corrected chi connectivity index (χ1v) is 7.68. The van der Waals surface area contributed by atoms with E-state index in [0.29, 0.717) is 29.7 Å². The highest BCUT2D eigenvalue weighted by molar-refractivity contribution is 5.98. The van der Waals surface area contributed by atoms with Crippen LogP contribution in [-0.2, 0) is 9.53 Å². The van der Waals surface area contributed by atoms with Gasteiger partial charge in [-0.3, -0.25) is 4.79 Å². The smallest absolute Gasteiger partial charge is 0.204 e. The summed E-state index contributed by atoms with van der Waals surface area (Å²) in [4.78, 5) is 12.6. The summed E-state index contributed by atoms with van der Waals surface area (Å²) in [5.74, 6) is 1.02. The van der Waals surface area contributed by atoms with Gasteiger partial charge in [0.05, 0.1) is 5.57 Å². The van der Waals surface area contributed by atoms with E-state index in [4.69, 9.17) is 10.5 Å². The van der Waals surface area contributed by atoms with Gasteiger partial charge in [0.25, 0.3) is 0 Å². The van der Waals surface area contributed by atoms with Crippen LogP contribution in [0.25, 0.3) is 0 Å². The first-order valence-electron chi connectivity index (χ1n) is 7.68. The molecule has 0 saturated heterocycles. The molecule has 2 aliphatic rings. The topological polar surface area (TPSA) is 76.1 Å². The normalized spacial score (nSPS) is 24.8. The van der Waals surface area contributed by atoms with Crippen molar-refractivity contribution in [2.75, 3.05) is 0 Å². The summed E-state index contributed by atoms with van der Waals surface area (Å²) in [6.07, 6.45) is 3.02. The number of ketones is 1. The summed E-state index contributed by atoms with van der Waals surface area (Å²) in [5.41, 5.74) is 6.97. The fourth-order valence-corrected chi connectivity index (χ4v) is 3.56. The molecule has 0 fully saturated rings. The third-order valence-electron chi connectivity index (χ3n) is 4.64. The van der Waals surface area contributed by atoms with E-state index >= 15 is 0 Å². The molecule has 21 heavy (non-hydrogen) atoms. The molecule has 114 valence electrons. The second-order valence-electron chi connectivity index (χ2n) is 6.82. The number of hydrogen-bond acceptors (Lipinski definition) is 4. The minimum atomic E-state index is -0.197. The first-order chi connectivity index (χ1) is 9.84. The van der Waals surface area contributed by atoms with Crippen LogP contribution in [-0.4, -0.2) is 5.78 Å². The molecule has 0 radical (unpaired) electrons. The highest BCUT2D eigenvalue weighted by Gasteiger charge is 2.44. The van der Waals surface area contributed by atoms with Gasteiger partial charge in [-0.15, -0.1) is 0 Å². The zero-order valence-electron chi connectivity index (χ0n) is 13.3. The van der Waals surface area contributed by atoms with Gasteiger partial charge in [0.15, 0.2) is 5.78 Å². The van der Waals surface area contributed by atoms with Crippen molar-refractivity contribution in [2.45, 2.75) is 53.4 Å². The summed E-state index contributed by atoms with van der Waals surface area (Å²) in [6, 6.07) is 2.17. The monoisotopic (exact) mass is 288 g/mol. The van der Waals surface area contributed by atoms with Gasteiger partial charge >= 0.3 is 0 Å². The standard InChI is InChI=1S/C17H24N2O2/c1-5-10(6-2)14-11(9-18)16(19)21-13-8-17(3,4)7-12(20)15(13)14/h10,14H,5-8,19H2,1-4H3/t14-/m1/s1. The molecule has 1 heterocycles. The van der Waals surface area contributed by atoms with Crippen molar-refractivity contribution >= 4 is 5.78 Å². The van der Waals surface area contributed by atoms with E-state index in [1.54, 1.807) is 0 Å². The van der Waals surface area contributed by atoms with Crippen molar-refractivity contribution in [3.8, 4) is 6.07 Å². The highest BCUT2D eigenvalue weighted by Crippen LogP contribution is 2.47. The second kappa shape index (κ2) is 5.55. The summed E-state index contributed by atoms with van der Waals surface area (Å²) >= 11 is 0. The Hall–Kier alpha value is -1.76. The molecular formula is C17H24N2O2. The molecule has 1 aliphatic heterocycles. The number of nitriles is 1. The Labute approximate surface area is 126 Å². The zero-order chi connectivity index (χ0) is 15.8. The molecule has 1 aliphatic carbocycles.